The average molecular weight is 220 g/mol. The molecule has 16 heavy (non-hydrogen) atoms. The monoisotopic (exact) mass is 220 g/mol. The number of benzene rings is 1. The summed E-state index contributed by atoms with van der Waals surface area (Å²) < 4.78 is 5.22. The van der Waals surface area contributed by atoms with E-state index >= 15 is 0 Å². The molecule has 0 fully saturated rings. The Balaban J connectivity index is 2.19. The molecule has 0 aromatic heterocycles. The molecule has 1 aromatic carbocycles. The Labute approximate surface area is 96.2 Å². The van der Waals surface area contributed by atoms with Gasteiger partial charge < -0.3 is 20.3 Å². The third kappa shape index (κ3) is 2.27. The molecule has 0 saturated carbocycles. The smallest absolute Gasteiger partial charge is 0.423 e. The van der Waals surface area contributed by atoms with Gasteiger partial charge in [-0.15, -0.1) is 0 Å². The fourth-order valence-electron chi connectivity index (χ4n) is 2.09. The van der Waals surface area contributed by atoms with Gasteiger partial charge in [-0.3, -0.25) is 0 Å². The zero-order valence-electron chi connectivity index (χ0n) is 9.52. The van der Waals surface area contributed by atoms with Crippen molar-refractivity contribution in [3.63, 3.8) is 0 Å². The molecule has 0 aliphatic carbocycles. The van der Waals surface area contributed by atoms with Gasteiger partial charge in [-0.05, 0) is 23.6 Å². The summed E-state index contributed by atoms with van der Waals surface area (Å²) in [5.41, 5.74) is 8.66. The van der Waals surface area contributed by atoms with Crippen molar-refractivity contribution in [1.82, 2.24) is 4.90 Å². The second kappa shape index (κ2) is 4.97. The van der Waals surface area contributed by atoms with Crippen LogP contribution < -0.4 is 11.2 Å². The first kappa shape index (κ1) is 11.6. The predicted molar refractivity (Wildman–Crippen MR) is 64.2 cm³/mol. The van der Waals surface area contributed by atoms with Gasteiger partial charge >= 0.3 is 7.12 Å². The van der Waals surface area contributed by atoms with Crippen LogP contribution in [0.2, 0.25) is 0 Å². The molecule has 1 heterocycles. The van der Waals surface area contributed by atoms with Crippen LogP contribution in [0, 0.1) is 0 Å². The van der Waals surface area contributed by atoms with Gasteiger partial charge in [-0.25, -0.2) is 0 Å². The van der Waals surface area contributed by atoms with E-state index in [9.17, 15) is 5.02 Å². The maximum Gasteiger partial charge on any atom is 0.492 e. The lowest BCUT2D eigenvalue weighted by Crippen LogP contribution is -2.34. The Morgan fingerprint density at radius 1 is 1.56 bits per heavy atom. The van der Waals surface area contributed by atoms with Crippen LogP contribution in [-0.2, 0) is 17.8 Å². The normalized spacial score (nSPS) is 14.6. The molecule has 1 aromatic rings. The number of hydrogen-bond donors (Lipinski definition) is 2. The van der Waals surface area contributed by atoms with E-state index in [2.05, 4.69) is 4.90 Å². The molecule has 0 atom stereocenters. The number of rotatable bonds is 4. The van der Waals surface area contributed by atoms with Gasteiger partial charge in [0.25, 0.3) is 0 Å². The van der Waals surface area contributed by atoms with E-state index in [1.54, 1.807) is 0 Å². The Morgan fingerprint density at radius 2 is 2.38 bits per heavy atom. The van der Waals surface area contributed by atoms with E-state index in [-0.39, 0.29) is 0 Å². The molecule has 0 spiro atoms. The van der Waals surface area contributed by atoms with Gasteiger partial charge in [0.15, 0.2) is 0 Å². The summed E-state index contributed by atoms with van der Waals surface area (Å²) in [7, 11) is 1.26. The Hall–Kier alpha value is -0.875. The summed E-state index contributed by atoms with van der Waals surface area (Å²) in [6.45, 7) is 2.79. The maximum atomic E-state index is 9.74. The molecule has 3 N–H and O–H groups in total. The maximum absolute atomic E-state index is 9.74. The fraction of sp³-hybridized carbons (Fsp3) is 0.455. The lowest BCUT2D eigenvalue weighted by atomic mass is 9.76. The minimum Gasteiger partial charge on any atom is -0.423 e. The number of nitrogens with two attached hydrogens (primary N) is 1. The van der Waals surface area contributed by atoms with Crippen LogP contribution in [0.25, 0.3) is 0 Å². The summed E-state index contributed by atoms with van der Waals surface area (Å²) in [5.74, 6) is 0. The van der Waals surface area contributed by atoms with Gasteiger partial charge in [0, 0.05) is 19.6 Å². The van der Waals surface area contributed by atoms with Gasteiger partial charge in [0.2, 0.25) is 0 Å². The summed E-state index contributed by atoms with van der Waals surface area (Å²) >= 11 is 0. The third-order valence-corrected chi connectivity index (χ3v) is 2.88. The molecule has 0 saturated heterocycles. The van der Waals surface area contributed by atoms with Crippen LogP contribution in [0.4, 0.5) is 0 Å². The Bertz CT molecular complexity index is 373. The summed E-state index contributed by atoms with van der Waals surface area (Å²) in [6, 6.07) is 6.04. The molecule has 2 rings (SSSR count). The first-order chi connectivity index (χ1) is 7.72. The average Bonchev–Trinajstić information content (AvgIpc) is 2.62. The largest absolute Gasteiger partial charge is 0.492 e. The lowest BCUT2D eigenvalue weighted by Gasteiger charge is -2.17. The SMILES string of the molecule is CN(CCN)Cc1cccc2c1B(O)OC2. The molecule has 0 unspecified atom stereocenters. The standard InChI is InChI=1S/C11H17BN2O2/c1-14(6-5-13)7-9-3-2-4-10-8-16-12(15)11(9)10/h2-4,15H,5-8,13H2,1H3. The van der Waals surface area contributed by atoms with E-state index in [1.807, 2.05) is 25.2 Å². The van der Waals surface area contributed by atoms with Crippen molar-refractivity contribution in [1.29, 1.82) is 0 Å². The topological polar surface area (TPSA) is 58.7 Å². The molecule has 5 heteroatoms. The highest BCUT2D eigenvalue weighted by atomic mass is 16.5. The fourth-order valence-corrected chi connectivity index (χ4v) is 2.09. The van der Waals surface area contributed by atoms with Gasteiger partial charge in [-0.2, -0.15) is 0 Å². The minimum absolute atomic E-state index is 0.505. The van der Waals surface area contributed by atoms with E-state index in [0.29, 0.717) is 13.2 Å². The molecule has 0 amide bonds. The molecular weight excluding hydrogens is 203 g/mol. The van der Waals surface area contributed by atoms with Gasteiger partial charge in [0.05, 0.1) is 6.61 Å². The third-order valence-electron chi connectivity index (χ3n) is 2.88. The van der Waals surface area contributed by atoms with Crippen molar-refractivity contribution >= 4 is 12.6 Å². The predicted octanol–water partition coefficient (Wildman–Crippen LogP) is -0.705. The number of fused-ring (bicyclic) bond motifs is 1. The van der Waals surface area contributed by atoms with Crippen molar-refractivity contribution in [2.45, 2.75) is 13.2 Å². The van der Waals surface area contributed by atoms with Crippen LogP contribution in [-0.4, -0.2) is 37.2 Å². The second-order valence-electron chi connectivity index (χ2n) is 4.18. The van der Waals surface area contributed by atoms with E-state index in [4.69, 9.17) is 10.4 Å². The van der Waals surface area contributed by atoms with Crippen molar-refractivity contribution in [2.75, 3.05) is 20.1 Å². The molecular formula is C11H17BN2O2. The molecule has 0 bridgehead atoms. The van der Waals surface area contributed by atoms with E-state index < -0.39 is 7.12 Å². The zero-order valence-corrected chi connectivity index (χ0v) is 9.52. The summed E-state index contributed by atoms with van der Waals surface area (Å²) in [6.07, 6.45) is 0. The van der Waals surface area contributed by atoms with Gasteiger partial charge in [0.1, 0.15) is 0 Å². The van der Waals surface area contributed by atoms with Crippen LogP contribution >= 0.6 is 0 Å². The highest BCUT2D eigenvalue weighted by Crippen LogP contribution is 2.13. The van der Waals surface area contributed by atoms with Crippen LogP contribution in [0.3, 0.4) is 0 Å². The second-order valence-corrected chi connectivity index (χ2v) is 4.18. The lowest BCUT2D eigenvalue weighted by molar-refractivity contribution is 0.275. The van der Waals surface area contributed by atoms with Crippen molar-refractivity contribution in [3.05, 3.63) is 29.3 Å². The summed E-state index contributed by atoms with van der Waals surface area (Å²) in [5, 5.41) is 9.74. The number of hydrogen-bond acceptors (Lipinski definition) is 4. The van der Waals surface area contributed by atoms with E-state index in [0.717, 1.165) is 29.7 Å². The first-order valence-corrected chi connectivity index (χ1v) is 5.51. The van der Waals surface area contributed by atoms with Crippen molar-refractivity contribution in [2.24, 2.45) is 5.73 Å². The van der Waals surface area contributed by atoms with Crippen LogP contribution in [0.1, 0.15) is 11.1 Å². The molecule has 4 nitrogen and oxygen atoms in total. The van der Waals surface area contributed by atoms with Crippen LogP contribution in [0.15, 0.2) is 18.2 Å². The van der Waals surface area contributed by atoms with Gasteiger partial charge in [-0.1, -0.05) is 18.2 Å². The molecule has 0 radical (unpaired) electrons. The highest BCUT2D eigenvalue weighted by molar-refractivity contribution is 6.62. The first-order valence-electron chi connectivity index (χ1n) is 5.51. The molecule has 86 valence electrons. The van der Waals surface area contributed by atoms with Crippen molar-refractivity contribution in [3.8, 4) is 0 Å². The van der Waals surface area contributed by atoms with Crippen molar-refractivity contribution < 1.29 is 9.68 Å². The summed E-state index contributed by atoms with van der Waals surface area (Å²) in [4.78, 5) is 2.14. The number of nitrogens with zero attached hydrogens (tertiary/aromatic N) is 1. The minimum atomic E-state index is -0.766. The highest BCUT2D eigenvalue weighted by Gasteiger charge is 2.29. The molecule has 1 aliphatic heterocycles. The molecule has 1 aliphatic rings. The zero-order chi connectivity index (χ0) is 11.5. The Kier molecular flexibility index (Phi) is 3.61. The van der Waals surface area contributed by atoms with Crippen LogP contribution in [0.5, 0.6) is 0 Å². The number of likely N-dealkylation sites (N-methyl/N-ethyl adjacent to an activating group) is 1. The Morgan fingerprint density at radius 3 is 3.12 bits per heavy atom. The quantitative estimate of drug-likeness (QED) is 0.658. The van der Waals surface area contributed by atoms with E-state index in [1.165, 1.54) is 0 Å².